The molecular weight excluding hydrogens is 250 g/mol. The first-order valence-corrected chi connectivity index (χ1v) is 3.49. The second-order valence-corrected chi connectivity index (χ2v) is 1.96. The number of hydrogen-bond donors (Lipinski definition) is 4. The summed E-state index contributed by atoms with van der Waals surface area (Å²) in [6.07, 6.45) is 0. The van der Waals surface area contributed by atoms with Crippen molar-refractivity contribution in [2.75, 3.05) is 13.6 Å². The van der Waals surface area contributed by atoms with Crippen LogP contribution < -0.4 is 5.32 Å². The van der Waals surface area contributed by atoms with Crippen LogP contribution in [-0.2, 0) is 31.5 Å². The van der Waals surface area contributed by atoms with Crippen molar-refractivity contribution in [3.8, 4) is 0 Å². The second kappa shape index (κ2) is 18.6. The molecule has 92 valence electrons. The Bertz CT molecular complexity index is 164. The van der Waals surface area contributed by atoms with E-state index in [4.69, 9.17) is 24.9 Å². The van der Waals surface area contributed by atoms with Gasteiger partial charge in [-0.05, 0) is 7.05 Å². The average Bonchev–Trinajstić information content (AvgIpc) is 1.82. The van der Waals surface area contributed by atoms with Gasteiger partial charge >= 0.3 is 5.97 Å². The molecule has 0 bridgehead atoms. The monoisotopic (exact) mass is 265 g/mol. The Kier molecular flexibility index (Phi) is 29.3. The third kappa shape index (κ3) is 428. The Labute approximate surface area is 98.0 Å². The van der Waals surface area contributed by atoms with E-state index in [2.05, 4.69) is 5.32 Å². The molecule has 7 nitrogen and oxygen atoms in total. The van der Waals surface area contributed by atoms with E-state index in [0.717, 1.165) is 13.8 Å². The number of likely N-dealkylation sites (N-methyl/N-ethyl adjacent to an activating group) is 1. The fraction of sp³-hybridized carbons (Fsp3) is 0.571. The first-order chi connectivity index (χ1) is 6.23. The Balaban J connectivity index is -0.0000000606. The van der Waals surface area contributed by atoms with Gasteiger partial charge in [-0.3, -0.25) is 14.4 Å². The van der Waals surface area contributed by atoms with E-state index < -0.39 is 17.9 Å². The Morgan fingerprint density at radius 2 is 1.20 bits per heavy atom. The van der Waals surface area contributed by atoms with Crippen molar-refractivity contribution in [3.63, 3.8) is 0 Å². The summed E-state index contributed by atoms with van der Waals surface area (Å²) in [6.45, 7) is 2.21. The molecule has 0 aliphatic carbocycles. The summed E-state index contributed by atoms with van der Waals surface area (Å²) in [6, 6.07) is 0. The van der Waals surface area contributed by atoms with Crippen molar-refractivity contribution in [3.05, 3.63) is 0 Å². The number of hydrogen-bond acceptors (Lipinski definition) is 4. The van der Waals surface area contributed by atoms with Gasteiger partial charge in [0.25, 0.3) is 11.9 Å². The summed E-state index contributed by atoms with van der Waals surface area (Å²) in [4.78, 5) is 27.5. The molecule has 0 aromatic rings. The maximum Gasteiger partial charge on any atom is 0.317 e. The van der Waals surface area contributed by atoms with Crippen LogP contribution >= 0.6 is 0 Å². The van der Waals surface area contributed by atoms with E-state index in [-0.39, 0.29) is 23.6 Å². The van der Waals surface area contributed by atoms with Crippen LogP contribution in [0.2, 0.25) is 0 Å². The van der Waals surface area contributed by atoms with Gasteiger partial charge in [0.1, 0.15) is 0 Å². The molecule has 0 spiro atoms. The predicted molar refractivity (Wildman–Crippen MR) is 48.2 cm³/mol. The van der Waals surface area contributed by atoms with Crippen LogP contribution in [0.15, 0.2) is 0 Å². The zero-order valence-corrected chi connectivity index (χ0v) is 9.73. The molecule has 0 aliphatic heterocycles. The topological polar surface area (TPSA) is 124 Å². The molecule has 0 unspecified atom stereocenters. The van der Waals surface area contributed by atoms with Crippen molar-refractivity contribution in [2.45, 2.75) is 13.8 Å². The summed E-state index contributed by atoms with van der Waals surface area (Å²) in [7, 11) is 1.59. The molecule has 0 atom stereocenters. The molecular formula is C7H15FeNO6. The van der Waals surface area contributed by atoms with E-state index in [1.165, 1.54) is 0 Å². The number of carbonyl (C=O) groups is 3. The van der Waals surface area contributed by atoms with E-state index in [0.29, 0.717) is 0 Å². The third-order valence-corrected chi connectivity index (χ3v) is 0.328. The molecule has 0 saturated carbocycles. The van der Waals surface area contributed by atoms with Crippen molar-refractivity contribution < 1.29 is 46.8 Å². The van der Waals surface area contributed by atoms with E-state index >= 15 is 0 Å². The van der Waals surface area contributed by atoms with Gasteiger partial charge in [-0.15, -0.1) is 0 Å². The molecule has 0 rings (SSSR count). The van der Waals surface area contributed by atoms with Gasteiger partial charge in [0.05, 0.1) is 6.54 Å². The maximum atomic E-state index is 9.54. The fourth-order valence-corrected chi connectivity index (χ4v) is 0.151. The summed E-state index contributed by atoms with van der Waals surface area (Å²) in [5, 5.41) is 25.2. The second-order valence-electron chi connectivity index (χ2n) is 1.96. The Morgan fingerprint density at radius 1 is 1.00 bits per heavy atom. The van der Waals surface area contributed by atoms with Crippen LogP contribution in [0.25, 0.3) is 0 Å². The summed E-state index contributed by atoms with van der Waals surface area (Å²) in [5.41, 5.74) is 0. The summed E-state index contributed by atoms with van der Waals surface area (Å²) >= 11 is 0. The zero-order valence-electron chi connectivity index (χ0n) is 8.63. The zero-order chi connectivity index (χ0) is 12.1. The van der Waals surface area contributed by atoms with E-state index in [1.54, 1.807) is 7.05 Å². The molecule has 0 radical (unpaired) electrons. The number of carboxylic acid groups (broad SMARTS) is 3. The largest absolute Gasteiger partial charge is 0.481 e. The van der Waals surface area contributed by atoms with Gasteiger partial charge in [-0.1, -0.05) is 0 Å². The van der Waals surface area contributed by atoms with E-state index in [1.807, 2.05) is 0 Å². The van der Waals surface area contributed by atoms with Gasteiger partial charge in [-0.2, -0.15) is 0 Å². The molecule has 4 N–H and O–H groups in total. The van der Waals surface area contributed by atoms with Crippen LogP contribution in [-0.4, -0.2) is 46.8 Å². The molecule has 0 aromatic carbocycles. The van der Waals surface area contributed by atoms with Crippen LogP contribution in [0.5, 0.6) is 0 Å². The SMILES string of the molecule is CC(=O)O.CC(=O)O.CNCC(=O)O.[Fe]. The van der Waals surface area contributed by atoms with Crippen molar-refractivity contribution in [1.82, 2.24) is 5.32 Å². The molecule has 0 aliphatic rings. The number of carboxylic acids is 3. The standard InChI is InChI=1S/C3H7NO2.2C2H4O2.Fe/c1-4-2-3(5)6;2*1-2(3)4;/h4H,2H2,1H3,(H,5,6);2*1H3,(H,3,4);. The van der Waals surface area contributed by atoms with Crippen molar-refractivity contribution in [1.29, 1.82) is 0 Å². The average molecular weight is 265 g/mol. The molecule has 0 saturated heterocycles. The third-order valence-electron chi connectivity index (χ3n) is 0.328. The van der Waals surface area contributed by atoms with Crippen molar-refractivity contribution >= 4 is 17.9 Å². The number of nitrogens with one attached hydrogen (secondary N) is 1. The maximum absolute atomic E-state index is 9.54. The van der Waals surface area contributed by atoms with Gasteiger partial charge in [-0.25, -0.2) is 0 Å². The summed E-state index contributed by atoms with van der Waals surface area (Å²) < 4.78 is 0. The minimum absolute atomic E-state index is 0. The first-order valence-electron chi connectivity index (χ1n) is 3.49. The van der Waals surface area contributed by atoms with Crippen LogP contribution in [0, 0.1) is 0 Å². The fourth-order valence-electron chi connectivity index (χ4n) is 0.151. The van der Waals surface area contributed by atoms with E-state index in [9.17, 15) is 4.79 Å². The molecule has 0 aromatic heterocycles. The minimum atomic E-state index is -0.833. The molecule has 0 heterocycles. The molecule has 0 amide bonds. The molecule has 15 heavy (non-hydrogen) atoms. The van der Waals surface area contributed by atoms with Gasteiger partial charge < -0.3 is 20.6 Å². The molecule has 0 fully saturated rings. The van der Waals surface area contributed by atoms with Crippen LogP contribution in [0.1, 0.15) is 13.8 Å². The Morgan fingerprint density at radius 3 is 1.20 bits per heavy atom. The van der Waals surface area contributed by atoms with Crippen LogP contribution in [0.3, 0.4) is 0 Å². The quantitative estimate of drug-likeness (QED) is 0.494. The Hall–Kier alpha value is -1.11. The van der Waals surface area contributed by atoms with Crippen molar-refractivity contribution in [2.24, 2.45) is 0 Å². The van der Waals surface area contributed by atoms with Gasteiger partial charge in [0, 0.05) is 30.9 Å². The van der Waals surface area contributed by atoms with Crippen LogP contribution in [0.4, 0.5) is 0 Å². The minimum Gasteiger partial charge on any atom is -0.481 e. The smallest absolute Gasteiger partial charge is 0.317 e. The molecule has 8 heteroatoms. The first kappa shape index (κ1) is 23.6. The van der Waals surface area contributed by atoms with Gasteiger partial charge in [0.2, 0.25) is 0 Å². The summed E-state index contributed by atoms with van der Waals surface area (Å²) in [5.74, 6) is -2.49. The van der Waals surface area contributed by atoms with Gasteiger partial charge in [0.15, 0.2) is 0 Å². The number of aliphatic carboxylic acids is 3. The predicted octanol–water partition coefficient (Wildman–Crippen LogP) is -0.530. The number of rotatable bonds is 2. The normalized spacial score (nSPS) is 6.60.